The van der Waals surface area contributed by atoms with Crippen LogP contribution in [0.5, 0.6) is 0 Å². The van der Waals surface area contributed by atoms with Crippen molar-refractivity contribution in [2.75, 3.05) is 39.6 Å². The van der Waals surface area contributed by atoms with Crippen LogP contribution in [0.1, 0.15) is 168 Å². The van der Waals surface area contributed by atoms with Crippen molar-refractivity contribution in [1.29, 1.82) is 0 Å². The summed E-state index contributed by atoms with van der Waals surface area (Å²) in [4.78, 5) is 23.8. The van der Waals surface area contributed by atoms with Gasteiger partial charge in [0.25, 0.3) is 0 Å². The van der Waals surface area contributed by atoms with Crippen molar-refractivity contribution in [3.05, 3.63) is 0 Å². The Hall–Kier alpha value is -1.26. The first-order chi connectivity index (χ1) is 22.4. The van der Waals surface area contributed by atoms with E-state index < -0.39 is 18.3 Å². The minimum atomic E-state index is -0.976. The zero-order chi connectivity index (χ0) is 33.9. The highest BCUT2D eigenvalue weighted by atomic mass is 16.6. The van der Waals surface area contributed by atoms with Crippen molar-refractivity contribution in [3.63, 3.8) is 0 Å². The topological polar surface area (TPSA) is 132 Å². The molecular formula is C37H72O9. The largest absolute Gasteiger partial charge is 0.463 e. The number of unbranched alkanes of at least 4 members (excludes halogenated alkanes) is 20. The molecule has 0 aliphatic carbocycles. The lowest BCUT2D eigenvalue weighted by Gasteiger charge is -2.16. The highest BCUT2D eigenvalue weighted by Crippen LogP contribution is 2.13. The molecular weight excluding hydrogens is 588 g/mol. The monoisotopic (exact) mass is 661 g/mol. The SMILES string of the molecule is CCCCCCCCCCCCCC(=O)OCC(O)COCC(O)COCC(O)COC(=O)CCCCCCCCCCCCC. The molecule has 2 unspecified atom stereocenters. The Balaban J connectivity index is 3.56. The lowest BCUT2D eigenvalue weighted by Crippen LogP contribution is -2.30. The first-order valence-electron chi connectivity index (χ1n) is 18.9. The van der Waals surface area contributed by atoms with E-state index in [2.05, 4.69) is 13.8 Å². The maximum atomic E-state index is 11.9. The number of aliphatic hydroxyl groups is 3. The van der Waals surface area contributed by atoms with Crippen LogP contribution in [-0.4, -0.2) is 85.2 Å². The van der Waals surface area contributed by atoms with Crippen LogP contribution in [0.25, 0.3) is 0 Å². The van der Waals surface area contributed by atoms with Gasteiger partial charge in [0.2, 0.25) is 0 Å². The van der Waals surface area contributed by atoms with Gasteiger partial charge in [0.05, 0.1) is 26.4 Å². The summed E-state index contributed by atoms with van der Waals surface area (Å²) in [5.74, 6) is -0.636. The van der Waals surface area contributed by atoms with Gasteiger partial charge in [-0.25, -0.2) is 0 Å². The molecule has 0 aromatic carbocycles. The normalized spacial score (nSPS) is 13.4. The van der Waals surface area contributed by atoms with Gasteiger partial charge in [0.1, 0.15) is 31.5 Å². The van der Waals surface area contributed by atoms with E-state index in [4.69, 9.17) is 18.9 Å². The summed E-state index contributed by atoms with van der Waals surface area (Å²) in [6.07, 6.45) is 24.5. The number of hydrogen-bond donors (Lipinski definition) is 3. The maximum Gasteiger partial charge on any atom is 0.305 e. The van der Waals surface area contributed by atoms with E-state index in [1.165, 1.54) is 103 Å². The summed E-state index contributed by atoms with van der Waals surface area (Å²) < 4.78 is 20.8. The zero-order valence-corrected chi connectivity index (χ0v) is 29.7. The highest BCUT2D eigenvalue weighted by Gasteiger charge is 2.13. The Kier molecular flexibility index (Phi) is 34.1. The predicted molar refractivity (Wildman–Crippen MR) is 184 cm³/mol. The lowest BCUT2D eigenvalue weighted by molar-refractivity contribution is -0.148. The Morgan fingerprint density at radius 3 is 0.913 bits per heavy atom. The molecule has 0 fully saturated rings. The number of esters is 2. The van der Waals surface area contributed by atoms with E-state index >= 15 is 0 Å². The second-order valence-electron chi connectivity index (χ2n) is 13.0. The fourth-order valence-corrected chi connectivity index (χ4v) is 5.21. The van der Waals surface area contributed by atoms with Gasteiger partial charge in [-0.2, -0.15) is 0 Å². The summed E-state index contributed by atoms with van der Waals surface area (Å²) in [5.41, 5.74) is 0. The third-order valence-electron chi connectivity index (χ3n) is 8.08. The van der Waals surface area contributed by atoms with Crippen molar-refractivity contribution in [1.82, 2.24) is 0 Å². The lowest BCUT2D eigenvalue weighted by atomic mass is 10.1. The number of rotatable bonds is 36. The minimum Gasteiger partial charge on any atom is -0.463 e. The van der Waals surface area contributed by atoms with Gasteiger partial charge in [-0.05, 0) is 12.8 Å². The van der Waals surface area contributed by atoms with Gasteiger partial charge in [-0.3, -0.25) is 9.59 Å². The molecule has 0 saturated carbocycles. The average molecular weight is 661 g/mol. The van der Waals surface area contributed by atoms with E-state index in [9.17, 15) is 24.9 Å². The smallest absolute Gasteiger partial charge is 0.305 e. The molecule has 9 nitrogen and oxygen atoms in total. The molecule has 0 aromatic rings. The van der Waals surface area contributed by atoms with Gasteiger partial charge in [0.15, 0.2) is 0 Å². The second-order valence-corrected chi connectivity index (χ2v) is 13.0. The number of carbonyl (C=O) groups excluding carboxylic acids is 2. The van der Waals surface area contributed by atoms with Crippen LogP contribution in [0.3, 0.4) is 0 Å². The minimum absolute atomic E-state index is 0.0756. The Labute approximate surface area is 281 Å². The molecule has 0 aliphatic rings. The van der Waals surface area contributed by atoms with Gasteiger partial charge >= 0.3 is 11.9 Å². The van der Waals surface area contributed by atoms with Crippen molar-refractivity contribution in [3.8, 4) is 0 Å². The Bertz CT molecular complexity index is 607. The fourth-order valence-electron chi connectivity index (χ4n) is 5.21. The molecule has 0 saturated heterocycles. The van der Waals surface area contributed by atoms with Gasteiger partial charge in [-0.1, -0.05) is 142 Å². The molecule has 2 atom stereocenters. The summed E-state index contributed by atoms with van der Waals surface area (Å²) in [6, 6.07) is 0. The second kappa shape index (κ2) is 35.1. The van der Waals surface area contributed by atoms with Crippen LogP contribution in [0.2, 0.25) is 0 Å². The van der Waals surface area contributed by atoms with E-state index in [0.29, 0.717) is 12.8 Å². The molecule has 274 valence electrons. The third-order valence-corrected chi connectivity index (χ3v) is 8.08. The van der Waals surface area contributed by atoms with Crippen molar-refractivity contribution < 1.29 is 43.9 Å². The summed E-state index contributed by atoms with van der Waals surface area (Å²) in [5, 5.41) is 29.9. The molecule has 0 heterocycles. The van der Waals surface area contributed by atoms with Gasteiger partial charge in [-0.15, -0.1) is 0 Å². The molecule has 0 aromatic heterocycles. The zero-order valence-electron chi connectivity index (χ0n) is 29.7. The van der Waals surface area contributed by atoms with Crippen LogP contribution < -0.4 is 0 Å². The highest BCUT2D eigenvalue weighted by molar-refractivity contribution is 5.69. The van der Waals surface area contributed by atoms with E-state index in [0.717, 1.165) is 38.5 Å². The van der Waals surface area contributed by atoms with E-state index in [1.807, 2.05) is 0 Å². The molecule has 9 heteroatoms. The summed E-state index contributed by atoms with van der Waals surface area (Å²) in [7, 11) is 0. The van der Waals surface area contributed by atoms with Crippen LogP contribution in [0.4, 0.5) is 0 Å². The summed E-state index contributed by atoms with van der Waals surface area (Å²) in [6.45, 7) is 3.86. The van der Waals surface area contributed by atoms with E-state index in [-0.39, 0.29) is 51.6 Å². The molecule has 0 spiro atoms. The van der Waals surface area contributed by atoms with Crippen LogP contribution in [0.15, 0.2) is 0 Å². The first-order valence-corrected chi connectivity index (χ1v) is 18.9. The molecule has 46 heavy (non-hydrogen) atoms. The van der Waals surface area contributed by atoms with Crippen LogP contribution >= 0.6 is 0 Å². The Morgan fingerprint density at radius 1 is 0.391 bits per heavy atom. The van der Waals surface area contributed by atoms with Gasteiger partial charge in [0, 0.05) is 12.8 Å². The number of hydrogen-bond acceptors (Lipinski definition) is 9. The third kappa shape index (κ3) is 34.1. The molecule has 0 amide bonds. The maximum absolute atomic E-state index is 11.9. The van der Waals surface area contributed by atoms with Gasteiger partial charge < -0.3 is 34.3 Å². The fraction of sp³-hybridized carbons (Fsp3) is 0.946. The van der Waals surface area contributed by atoms with Crippen molar-refractivity contribution in [2.45, 2.75) is 186 Å². The Morgan fingerprint density at radius 2 is 0.630 bits per heavy atom. The summed E-state index contributed by atoms with van der Waals surface area (Å²) >= 11 is 0. The first kappa shape index (κ1) is 44.7. The number of carbonyl (C=O) groups is 2. The molecule has 3 N–H and O–H groups in total. The molecule has 0 radical (unpaired) electrons. The van der Waals surface area contributed by atoms with E-state index in [1.54, 1.807) is 0 Å². The molecule has 0 rings (SSSR count). The van der Waals surface area contributed by atoms with Crippen molar-refractivity contribution in [2.24, 2.45) is 0 Å². The quantitative estimate of drug-likeness (QED) is 0.0459. The predicted octanol–water partition coefficient (Wildman–Crippen LogP) is 7.59. The standard InChI is InChI=1S/C37H72O9/c1-3-5-7-9-11-13-15-17-19-21-23-25-36(41)45-31-34(39)29-43-27-33(38)28-44-30-35(40)32-46-37(42)26-24-22-20-18-16-14-12-10-8-6-4-2/h33-35,38-40H,3-32H2,1-2H3. The van der Waals surface area contributed by atoms with Crippen LogP contribution in [0, 0.1) is 0 Å². The molecule has 0 aliphatic heterocycles. The van der Waals surface area contributed by atoms with Crippen molar-refractivity contribution >= 4 is 11.9 Å². The average Bonchev–Trinajstić information content (AvgIpc) is 3.04. The number of aliphatic hydroxyl groups excluding tert-OH is 3. The number of ether oxygens (including phenoxy) is 4. The molecule has 0 bridgehead atoms. The van der Waals surface area contributed by atoms with Crippen LogP contribution in [-0.2, 0) is 28.5 Å².